The van der Waals surface area contributed by atoms with Crippen molar-refractivity contribution in [3.63, 3.8) is 0 Å². The summed E-state index contributed by atoms with van der Waals surface area (Å²) < 4.78 is 10.9. The maximum atomic E-state index is 12.1. The monoisotopic (exact) mass is 298 g/mol. The van der Waals surface area contributed by atoms with Gasteiger partial charge in [-0.1, -0.05) is 0 Å². The molecule has 2 aliphatic rings. The van der Waals surface area contributed by atoms with Crippen molar-refractivity contribution in [1.82, 2.24) is 10.2 Å². The van der Waals surface area contributed by atoms with E-state index in [1.54, 1.807) is 0 Å². The van der Waals surface area contributed by atoms with Gasteiger partial charge in [-0.05, 0) is 52.9 Å². The van der Waals surface area contributed by atoms with Crippen molar-refractivity contribution < 1.29 is 14.3 Å². The van der Waals surface area contributed by atoms with E-state index in [1.165, 1.54) is 0 Å². The Morgan fingerprint density at radius 3 is 2.57 bits per heavy atom. The van der Waals surface area contributed by atoms with Gasteiger partial charge >= 0.3 is 6.09 Å². The molecule has 0 spiro atoms. The normalized spacial score (nSPS) is 25.9. The first kappa shape index (κ1) is 16.6. The Balaban J connectivity index is 1.75. The van der Waals surface area contributed by atoms with Crippen LogP contribution in [-0.4, -0.2) is 55.0 Å². The molecule has 0 aromatic rings. The Labute approximate surface area is 128 Å². The summed E-state index contributed by atoms with van der Waals surface area (Å²) in [6.45, 7) is 11.3. The molecule has 2 rings (SSSR count). The third-order valence-electron chi connectivity index (χ3n) is 4.31. The minimum atomic E-state index is -0.419. The molecule has 2 unspecified atom stereocenters. The van der Waals surface area contributed by atoms with Gasteiger partial charge in [0.2, 0.25) is 0 Å². The van der Waals surface area contributed by atoms with Gasteiger partial charge in [-0.25, -0.2) is 4.79 Å². The van der Waals surface area contributed by atoms with Gasteiger partial charge in [0.1, 0.15) is 5.60 Å². The molecule has 2 aliphatic heterocycles. The lowest BCUT2D eigenvalue weighted by atomic mass is 9.92. The Bertz CT molecular complexity index is 348. The van der Waals surface area contributed by atoms with Gasteiger partial charge in [-0.2, -0.15) is 0 Å². The quantitative estimate of drug-likeness (QED) is 0.869. The summed E-state index contributed by atoms with van der Waals surface area (Å²) in [5, 5.41) is 3.69. The van der Waals surface area contributed by atoms with Crippen molar-refractivity contribution in [2.24, 2.45) is 5.92 Å². The molecule has 0 aromatic heterocycles. The van der Waals surface area contributed by atoms with Crippen LogP contribution in [0.4, 0.5) is 4.79 Å². The zero-order valence-corrected chi connectivity index (χ0v) is 13.9. The lowest BCUT2D eigenvalue weighted by molar-refractivity contribution is 0.0288. The molecule has 2 atom stereocenters. The highest BCUT2D eigenvalue weighted by Gasteiger charge is 2.31. The van der Waals surface area contributed by atoms with Crippen LogP contribution < -0.4 is 5.32 Å². The number of carbonyl (C=O) groups excluding carboxylic acids is 1. The maximum absolute atomic E-state index is 12.1. The summed E-state index contributed by atoms with van der Waals surface area (Å²) in [6, 6.07) is 0.868. The molecule has 0 radical (unpaired) electrons. The van der Waals surface area contributed by atoms with E-state index in [4.69, 9.17) is 9.47 Å². The van der Waals surface area contributed by atoms with Gasteiger partial charge in [0.15, 0.2) is 0 Å². The molecule has 122 valence electrons. The molecule has 0 aliphatic carbocycles. The lowest BCUT2D eigenvalue weighted by Crippen LogP contribution is -2.44. The molecule has 1 amide bonds. The first-order valence-corrected chi connectivity index (χ1v) is 8.17. The van der Waals surface area contributed by atoms with Crippen LogP contribution in [0.15, 0.2) is 0 Å². The van der Waals surface area contributed by atoms with Gasteiger partial charge in [0, 0.05) is 38.4 Å². The maximum Gasteiger partial charge on any atom is 0.410 e. The highest BCUT2D eigenvalue weighted by Crippen LogP contribution is 2.21. The van der Waals surface area contributed by atoms with E-state index in [1.807, 2.05) is 25.7 Å². The summed E-state index contributed by atoms with van der Waals surface area (Å²) in [5.41, 5.74) is -0.419. The zero-order chi connectivity index (χ0) is 15.5. The van der Waals surface area contributed by atoms with Crippen molar-refractivity contribution in [1.29, 1.82) is 0 Å². The molecule has 2 heterocycles. The van der Waals surface area contributed by atoms with Crippen LogP contribution in [-0.2, 0) is 9.47 Å². The summed E-state index contributed by atoms with van der Waals surface area (Å²) in [7, 11) is 0. The third-order valence-corrected chi connectivity index (χ3v) is 4.31. The number of likely N-dealkylation sites (tertiary alicyclic amines) is 1. The van der Waals surface area contributed by atoms with E-state index < -0.39 is 5.60 Å². The summed E-state index contributed by atoms with van der Waals surface area (Å²) in [4.78, 5) is 13.9. The first-order valence-electron chi connectivity index (χ1n) is 8.17. The molecular weight excluding hydrogens is 268 g/mol. The van der Waals surface area contributed by atoms with E-state index >= 15 is 0 Å². The Kier molecular flexibility index (Phi) is 5.49. The SMILES string of the molecule is CC(NC1CCN(C(=O)OC(C)(C)C)C1)C1CCOCC1. The third kappa shape index (κ3) is 5.15. The van der Waals surface area contributed by atoms with Crippen LogP contribution in [0.3, 0.4) is 0 Å². The number of hydrogen-bond acceptors (Lipinski definition) is 4. The van der Waals surface area contributed by atoms with E-state index in [0.717, 1.165) is 45.6 Å². The first-order chi connectivity index (χ1) is 9.85. The topological polar surface area (TPSA) is 50.8 Å². The molecule has 2 saturated heterocycles. The van der Waals surface area contributed by atoms with Gasteiger partial charge in [0.05, 0.1) is 0 Å². The van der Waals surface area contributed by atoms with Crippen LogP contribution in [0.25, 0.3) is 0 Å². The number of rotatable bonds is 3. The minimum absolute atomic E-state index is 0.189. The second kappa shape index (κ2) is 6.97. The fourth-order valence-corrected chi connectivity index (χ4v) is 3.11. The molecule has 0 saturated carbocycles. The van der Waals surface area contributed by atoms with E-state index in [2.05, 4.69) is 12.2 Å². The minimum Gasteiger partial charge on any atom is -0.444 e. The van der Waals surface area contributed by atoms with Crippen molar-refractivity contribution in [2.75, 3.05) is 26.3 Å². The predicted molar refractivity (Wildman–Crippen MR) is 82.4 cm³/mol. The number of carbonyl (C=O) groups is 1. The van der Waals surface area contributed by atoms with E-state index in [9.17, 15) is 4.79 Å². The Hall–Kier alpha value is -0.810. The standard InChI is InChI=1S/C16H30N2O3/c1-12(13-6-9-20-10-7-13)17-14-5-8-18(11-14)15(19)21-16(2,3)4/h12-14,17H,5-11H2,1-4H3. The molecule has 5 heteroatoms. The summed E-state index contributed by atoms with van der Waals surface area (Å²) in [5.74, 6) is 0.689. The van der Waals surface area contributed by atoms with Crippen molar-refractivity contribution in [3.05, 3.63) is 0 Å². The number of hydrogen-bond donors (Lipinski definition) is 1. The highest BCUT2D eigenvalue weighted by molar-refractivity contribution is 5.68. The van der Waals surface area contributed by atoms with Crippen LogP contribution in [0.5, 0.6) is 0 Å². The summed E-state index contributed by atoms with van der Waals surface area (Å²) in [6.07, 6.45) is 3.09. The van der Waals surface area contributed by atoms with E-state index in [-0.39, 0.29) is 6.09 Å². The molecule has 5 nitrogen and oxygen atoms in total. The lowest BCUT2D eigenvalue weighted by Gasteiger charge is -2.30. The molecule has 2 fully saturated rings. The number of ether oxygens (including phenoxy) is 2. The predicted octanol–water partition coefficient (Wildman–Crippen LogP) is 2.40. The second-order valence-electron chi connectivity index (χ2n) is 7.32. The van der Waals surface area contributed by atoms with Crippen molar-refractivity contribution in [3.8, 4) is 0 Å². The molecule has 0 bridgehead atoms. The smallest absolute Gasteiger partial charge is 0.410 e. The fraction of sp³-hybridized carbons (Fsp3) is 0.938. The van der Waals surface area contributed by atoms with Gasteiger partial charge in [0.25, 0.3) is 0 Å². The van der Waals surface area contributed by atoms with Crippen LogP contribution >= 0.6 is 0 Å². The Morgan fingerprint density at radius 2 is 1.95 bits per heavy atom. The van der Waals surface area contributed by atoms with Crippen LogP contribution in [0.1, 0.15) is 47.0 Å². The number of amides is 1. The largest absolute Gasteiger partial charge is 0.444 e. The molecule has 21 heavy (non-hydrogen) atoms. The molecular formula is C16H30N2O3. The second-order valence-corrected chi connectivity index (χ2v) is 7.32. The Morgan fingerprint density at radius 1 is 1.29 bits per heavy atom. The van der Waals surface area contributed by atoms with Gasteiger partial charge < -0.3 is 19.7 Å². The average molecular weight is 298 g/mol. The highest BCUT2D eigenvalue weighted by atomic mass is 16.6. The van der Waals surface area contributed by atoms with Crippen LogP contribution in [0, 0.1) is 5.92 Å². The number of nitrogens with zero attached hydrogens (tertiary/aromatic N) is 1. The molecule has 1 N–H and O–H groups in total. The van der Waals surface area contributed by atoms with Crippen LogP contribution in [0.2, 0.25) is 0 Å². The van der Waals surface area contributed by atoms with Crippen molar-refractivity contribution >= 4 is 6.09 Å². The van der Waals surface area contributed by atoms with E-state index in [0.29, 0.717) is 18.0 Å². The van der Waals surface area contributed by atoms with Gasteiger partial charge in [-0.3, -0.25) is 0 Å². The summed E-state index contributed by atoms with van der Waals surface area (Å²) >= 11 is 0. The number of nitrogens with one attached hydrogen (secondary N) is 1. The average Bonchev–Trinajstić information content (AvgIpc) is 2.86. The fourth-order valence-electron chi connectivity index (χ4n) is 3.11. The zero-order valence-electron chi connectivity index (χ0n) is 13.9. The van der Waals surface area contributed by atoms with Gasteiger partial charge in [-0.15, -0.1) is 0 Å². The van der Waals surface area contributed by atoms with Crippen molar-refractivity contribution in [2.45, 2.75) is 64.6 Å². The molecule has 0 aromatic carbocycles.